The number of aromatic nitrogens is 2. The average Bonchev–Trinajstić information content (AvgIpc) is 2.62. The van der Waals surface area contributed by atoms with Gasteiger partial charge in [0.05, 0.1) is 16.3 Å². The zero-order valence-corrected chi connectivity index (χ0v) is 8.59. The minimum Gasteiger partial charge on any atom is -0.504 e. The van der Waals surface area contributed by atoms with Crippen molar-refractivity contribution in [3.8, 4) is 22.8 Å². The highest BCUT2D eigenvalue weighted by Gasteiger charge is 2.19. The van der Waals surface area contributed by atoms with Gasteiger partial charge in [-0.05, 0) is 0 Å². The quantitative estimate of drug-likeness (QED) is 0.575. The first-order valence-corrected chi connectivity index (χ1v) is 4.59. The van der Waals surface area contributed by atoms with E-state index >= 15 is 0 Å². The van der Waals surface area contributed by atoms with Crippen molar-refractivity contribution in [1.29, 1.82) is 0 Å². The molecule has 0 amide bonds. The van der Waals surface area contributed by atoms with Gasteiger partial charge in [-0.25, -0.2) is 4.39 Å². The van der Waals surface area contributed by atoms with E-state index in [4.69, 9.17) is 17.3 Å². The number of hydrogen-bond donors (Lipinski definition) is 4. The van der Waals surface area contributed by atoms with Gasteiger partial charge in [-0.2, -0.15) is 5.10 Å². The molecule has 0 aliphatic rings. The van der Waals surface area contributed by atoms with E-state index in [1.54, 1.807) is 0 Å². The lowest BCUT2D eigenvalue weighted by molar-refractivity contribution is 0.401. The fourth-order valence-electron chi connectivity index (χ4n) is 1.31. The predicted octanol–water partition coefficient (Wildman–Crippen LogP) is 1.86. The number of nitrogens with two attached hydrogens (primary N) is 1. The summed E-state index contributed by atoms with van der Waals surface area (Å²) in [5.41, 5.74) is 5.21. The Bertz CT molecular complexity index is 530. The van der Waals surface area contributed by atoms with Gasteiger partial charge in [0, 0.05) is 12.1 Å². The number of aromatic hydroxyl groups is 2. The number of phenols is 2. The van der Waals surface area contributed by atoms with Gasteiger partial charge < -0.3 is 15.9 Å². The maximum Gasteiger partial charge on any atom is 0.170 e. The first kappa shape index (κ1) is 10.6. The molecule has 84 valence electrons. The second-order valence-electron chi connectivity index (χ2n) is 3.12. The number of aromatic amines is 1. The molecule has 1 heterocycles. The van der Waals surface area contributed by atoms with Crippen LogP contribution in [0.15, 0.2) is 12.1 Å². The number of nitrogen functional groups attached to an aromatic ring is 1. The molecule has 2 rings (SSSR count). The molecule has 5 nitrogen and oxygen atoms in total. The number of H-pyrrole nitrogens is 1. The summed E-state index contributed by atoms with van der Waals surface area (Å²) in [5.74, 6) is -1.87. The fourth-order valence-corrected chi connectivity index (χ4v) is 1.51. The van der Waals surface area contributed by atoms with E-state index < -0.39 is 17.3 Å². The SMILES string of the molecule is Nc1cc(-c2c(O)c(O)cc(Cl)c2F)[nH]n1. The normalized spacial score (nSPS) is 10.6. The van der Waals surface area contributed by atoms with Crippen molar-refractivity contribution in [3.63, 3.8) is 0 Å². The standard InChI is InChI=1S/C9H7ClFN3O2/c10-3-1-5(15)9(16)7(8(3)11)4-2-6(12)14-13-4/h1-2,15-16H,(H3,12,13,14). The van der Waals surface area contributed by atoms with Gasteiger partial charge >= 0.3 is 0 Å². The van der Waals surface area contributed by atoms with Gasteiger partial charge in [-0.15, -0.1) is 0 Å². The molecule has 0 atom stereocenters. The average molecular weight is 244 g/mol. The summed E-state index contributed by atoms with van der Waals surface area (Å²) in [4.78, 5) is 0. The molecule has 0 unspecified atom stereocenters. The van der Waals surface area contributed by atoms with Crippen molar-refractivity contribution in [3.05, 3.63) is 23.0 Å². The topological polar surface area (TPSA) is 95.2 Å². The zero-order chi connectivity index (χ0) is 11.9. The highest BCUT2D eigenvalue weighted by Crippen LogP contribution is 2.41. The molecule has 0 bridgehead atoms. The molecule has 16 heavy (non-hydrogen) atoms. The second-order valence-corrected chi connectivity index (χ2v) is 3.53. The molecule has 0 saturated carbocycles. The summed E-state index contributed by atoms with van der Waals surface area (Å²) in [6.45, 7) is 0. The maximum absolute atomic E-state index is 13.6. The van der Waals surface area contributed by atoms with Gasteiger partial charge in [0.1, 0.15) is 5.82 Å². The number of benzene rings is 1. The lowest BCUT2D eigenvalue weighted by Crippen LogP contribution is -1.88. The van der Waals surface area contributed by atoms with Gasteiger partial charge in [0.15, 0.2) is 17.3 Å². The molecule has 0 fully saturated rings. The molecule has 0 saturated heterocycles. The van der Waals surface area contributed by atoms with Gasteiger partial charge in [0.2, 0.25) is 0 Å². The second kappa shape index (κ2) is 3.57. The summed E-state index contributed by atoms with van der Waals surface area (Å²) in [6, 6.07) is 2.23. The predicted molar refractivity (Wildman–Crippen MR) is 56.7 cm³/mol. The van der Waals surface area contributed by atoms with Crippen molar-refractivity contribution in [2.24, 2.45) is 0 Å². The van der Waals surface area contributed by atoms with E-state index in [9.17, 15) is 14.6 Å². The number of rotatable bonds is 1. The van der Waals surface area contributed by atoms with Crippen LogP contribution in [-0.2, 0) is 0 Å². The Morgan fingerprint density at radius 2 is 2.06 bits per heavy atom. The molecule has 0 radical (unpaired) electrons. The Morgan fingerprint density at radius 3 is 2.62 bits per heavy atom. The van der Waals surface area contributed by atoms with E-state index in [-0.39, 0.29) is 22.1 Å². The van der Waals surface area contributed by atoms with Crippen LogP contribution < -0.4 is 5.73 Å². The number of nitrogens with zero attached hydrogens (tertiary/aromatic N) is 1. The molecule has 0 spiro atoms. The van der Waals surface area contributed by atoms with E-state index in [2.05, 4.69) is 10.2 Å². The third-order valence-corrected chi connectivity index (χ3v) is 2.31. The molecular weight excluding hydrogens is 237 g/mol. The van der Waals surface area contributed by atoms with Crippen LogP contribution in [-0.4, -0.2) is 20.4 Å². The van der Waals surface area contributed by atoms with Crippen molar-refractivity contribution in [2.75, 3.05) is 5.73 Å². The Labute approximate surface area is 94.3 Å². The molecule has 1 aromatic heterocycles. The van der Waals surface area contributed by atoms with Crippen LogP contribution in [0.25, 0.3) is 11.3 Å². The highest BCUT2D eigenvalue weighted by molar-refractivity contribution is 6.31. The molecule has 0 aliphatic carbocycles. The minimum absolute atomic E-state index is 0.130. The van der Waals surface area contributed by atoms with E-state index in [1.807, 2.05) is 0 Å². The van der Waals surface area contributed by atoms with E-state index in [0.29, 0.717) is 0 Å². The molecule has 0 aliphatic heterocycles. The number of phenolic OH excluding ortho intramolecular Hbond substituents is 2. The molecule has 5 N–H and O–H groups in total. The number of hydrogen-bond acceptors (Lipinski definition) is 4. The Morgan fingerprint density at radius 1 is 1.38 bits per heavy atom. The molecular formula is C9H7ClFN3O2. The van der Waals surface area contributed by atoms with Crippen LogP contribution >= 0.6 is 11.6 Å². The van der Waals surface area contributed by atoms with Crippen LogP contribution in [0.4, 0.5) is 10.2 Å². The zero-order valence-electron chi connectivity index (χ0n) is 7.83. The van der Waals surface area contributed by atoms with Crippen LogP contribution in [0.3, 0.4) is 0 Å². The fraction of sp³-hybridized carbons (Fsp3) is 0. The maximum atomic E-state index is 13.6. The Balaban J connectivity index is 2.73. The van der Waals surface area contributed by atoms with Crippen LogP contribution in [0, 0.1) is 5.82 Å². The summed E-state index contributed by atoms with van der Waals surface area (Å²) >= 11 is 5.54. The van der Waals surface area contributed by atoms with Crippen LogP contribution in [0.2, 0.25) is 5.02 Å². The summed E-state index contributed by atoms with van der Waals surface area (Å²) < 4.78 is 13.6. The van der Waals surface area contributed by atoms with Crippen molar-refractivity contribution >= 4 is 17.4 Å². The van der Waals surface area contributed by atoms with Crippen LogP contribution in [0.1, 0.15) is 0 Å². The van der Waals surface area contributed by atoms with Crippen molar-refractivity contribution in [1.82, 2.24) is 10.2 Å². The number of halogens is 2. The van der Waals surface area contributed by atoms with Gasteiger partial charge in [0.25, 0.3) is 0 Å². The Kier molecular flexibility index (Phi) is 2.35. The van der Waals surface area contributed by atoms with Gasteiger partial charge in [-0.1, -0.05) is 11.6 Å². The third-order valence-electron chi connectivity index (χ3n) is 2.04. The van der Waals surface area contributed by atoms with Gasteiger partial charge in [-0.3, -0.25) is 5.10 Å². The summed E-state index contributed by atoms with van der Waals surface area (Å²) in [6.07, 6.45) is 0. The first-order valence-electron chi connectivity index (χ1n) is 4.22. The molecule has 2 aromatic rings. The Hall–Kier alpha value is -1.95. The van der Waals surface area contributed by atoms with E-state index in [0.717, 1.165) is 6.07 Å². The first-order chi connectivity index (χ1) is 7.50. The third kappa shape index (κ3) is 1.53. The lowest BCUT2D eigenvalue weighted by Gasteiger charge is -2.07. The summed E-state index contributed by atoms with van der Waals surface area (Å²) in [5, 5.41) is 24.5. The van der Waals surface area contributed by atoms with Crippen molar-refractivity contribution in [2.45, 2.75) is 0 Å². The molecule has 7 heteroatoms. The largest absolute Gasteiger partial charge is 0.504 e. The molecule has 1 aromatic carbocycles. The minimum atomic E-state index is -0.861. The number of nitrogens with one attached hydrogen (secondary N) is 1. The lowest BCUT2D eigenvalue weighted by atomic mass is 10.1. The van der Waals surface area contributed by atoms with E-state index in [1.165, 1.54) is 6.07 Å². The highest BCUT2D eigenvalue weighted by atomic mass is 35.5. The number of anilines is 1. The van der Waals surface area contributed by atoms with Crippen molar-refractivity contribution < 1.29 is 14.6 Å². The summed E-state index contributed by atoms with van der Waals surface area (Å²) in [7, 11) is 0. The smallest absolute Gasteiger partial charge is 0.170 e. The van der Waals surface area contributed by atoms with Crippen LogP contribution in [0.5, 0.6) is 11.5 Å². The monoisotopic (exact) mass is 243 g/mol.